The van der Waals surface area contributed by atoms with Gasteiger partial charge in [0.2, 0.25) is 5.43 Å². The van der Waals surface area contributed by atoms with E-state index in [1.54, 1.807) is 4.57 Å². The number of piperidine rings is 1. The number of aryl methyl sites for hydroxylation is 1. The van der Waals surface area contributed by atoms with Crippen LogP contribution in [0.25, 0.3) is 10.9 Å². The van der Waals surface area contributed by atoms with Gasteiger partial charge < -0.3 is 42.0 Å². The van der Waals surface area contributed by atoms with Gasteiger partial charge in [0, 0.05) is 42.8 Å². The molecule has 0 bridgehead atoms. The molecule has 1 fully saturated rings. The number of nitrogens with zero attached hydrogens (tertiary/aromatic N) is 3. The first-order valence-electron chi connectivity index (χ1n) is 12.5. The average molecular weight is 535 g/mol. The Balaban J connectivity index is 0.000000284. The highest BCUT2D eigenvalue weighted by molar-refractivity contribution is 5.95. The lowest BCUT2D eigenvalue weighted by atomic mass is 9.93. The summed E-state index contributed by atoms with van der Waals surface area (Å²) < 4.78 is 16.8. The van der Waals surface area contributed by atoms with Gasteiger partial charge in [-0.25, -0.2) is 9.18 Å². The molecule has 0 radical (unpaired) electrons. The topological polar surface area (TPSA) is 210 Å². The molecular formula is C25H35FN6O6. The Morgan fingerprint density at radius 3 is 2.45 bits per heavy atom. The van der Waals surface area contributed by atoms with E-state index in [0.717, 1.165) is 12.0 Å². The van der Waals surface area contributed by atoms with E-state index in [-0.39, 0.29) is 29.1 Å². The lowest BCUT2D eigenvalue weighted by Gasteiger charge is -2.36. The maximum Gasteiger partial charge on any atom is 0.341 e. The Morgan fingerprint density at radius 1 is 1.21 bits per heavy atom. The number of aliphatic carboxylic acids is 1. The molecule has 2 atom stereocenters. The molecule has 208 valence electrons. The number of aliphatic hydroxyl groups excluding tert-OH is 1. The summed E-state index contributed by atoms with van der Waals surface area (Å²) in [5.74, 6) is -2.78. The van der Waals surface area contributed by atoms with Gasteiger partial charge in [-0.2, -0.15) is 0 Å². The molecule has 2 aliphatic heterocycles. The highest BCUT2D eigenvalue weighted by Gasteiger charge is 2.30. The molecule has 12 nitrogen and oxygen atoms in total. The molecule has 2 aliphatic rings. The van der Waals surface area contributed by atoms with Gasteiger partial charge in [-0.1, -0.05) is 0 Å². The first-order valence-corrected chi connectivity index (χ1v) is 12.5. The van der Waals surface area contributed by atoms with Crippen LogP contribution in [0.1, 0.15) is 61.0 Å². The largest absolute Gasteiger partial charge is 0.480 e. The summed E-state index contributed by atoms with van der Waals surface area (Å²) in [6, 6.07) is 0.395. The summed E-state index contributed by atoms with van der Waals surface area (Å²) in [7, 11) is 0. The van der Waals surface area contributed by atoms with Crippen molar-refractivity contribution in [3.8, 4) is 0 Å². The second-order valence-corrected chi connectivity index (χ2v) is 9.67. The summed E-state index contributed by atoms with van der Waals surface area (Å²) in [4.78, 5) is 39.9. The number of pyridine rings is 1. The second kappa shape index (κ2) is 12.2. The molecular weight excluding hydrogens is 499 g/mol. The fraction of sp³-hybridized carbons (Fsp3) is 0.520. The van der Waals surface area contributed by atoms with Gasteiger partial charge in [-0.3, -0.25) is 14.6 Å². The van der Waals surface area contributed by atoms with E-state index in [2.05, 4.69) is 4.99 Å². The normalized spacial score (nSPS) is 17.9. The summed E-state index contributed by atoms with van der Waals surface area (Å²) in [6.45, 7) is 3.51. The zero-order valence-electron chi connectivity index (χ0n) is 21.3. The quantitative estimate of drug-likeness (QED) is 0.167. The zero-order valence-corrected chi connectivity index (χ0v) is 21.3. The molecule has 1 aromatic heterocycles. The molecule has 0 saturated carbocycles. The number of aliphatic hydroxyl groups is 1. The van der Waals surface area contributed by atoms with E-state index in [9.17, 15) is 24.6 Å². The lowest BCUT2D eigenvalue weighted by molar-refractivity contribution is -0.138. The predicted molar refractivity (Wildman–Crippen MR) is 141 cm³/mol. The van der Waals surface area contributed by atoms with Gasteiger partial charge in [0.1, 0.15) is 17.4 Å². The number of aromatic nitrogens is 1. The van der Waals surface area contributed by atoms with E-state index < -0.39 is 29.2 Å². The molecule has 9 N–H and O–H groups in total. The number of nitrogens with two attached hydrogens (primary N) is 3. The van der Waals surface area contributed by atoms with Crippen LogP contribution >= 0.6 is 0 Å². The maximum atomic E-state index is 15.0. The number of benzene rings is 1. The monoisotopic (exact) mass is 534 g/mol. The zero-order chi connectivity index (χ0) is 28.1. The van der Waals surface area contributed by atoms with Crippen LogP contribution in [0.15, 0.2) is 22.1 Å². The third-order valence-electron chi connectivity index (χ3n) is 6.92. The number of anilines is 1. The molecule has 38 heavy (non-hydrogen) atoms. The summed E-state index contributed by atoms with van der Waals surface area (Å²) in [6.07, 6.45) is 4.53. The van der Waals surface area contributed by atoms with Crippen molar-refractivity contribution in [2.75, 3.05) is 24.5 Å². The van der Waals surface area contributed by atoms with Crippen molar-refractivity contribution in [3.05, 3.63) is 39.4 Å². The highest BCUT2D eigenvalue weighted by atomic mass is 19.1. The number of carbonyl (C=O) groups is 2. The minimum Gasteiger partial charge on any atom is -0.480 e. The fourth-order valence-electron chi connectivity index (χ4n) is 4.86. The third kappa shape index (κ3) is 6.40. The summed E-state index contributed by atoms with van der Waals surface area (Å²) in [5, 5.41) is 27.6. The van der Waals surface area contributed by atoms with Crippen molar-refractivity contribution in [3.63, 3.8) is 0 Å². The molecule has 1 aromatic carbocycles. The molecule has 3 heterocycles. The van der Waals surface area contributed by atoms with Gasteiger partial charge in [0.05, 0.1) is 17.3 Å². The van der Waals surface area contributed by atoms with E-state index in [1.165, 1.54) is 12.3 Å². The molecule has 2 aromatic rings. The number of hydrogen-bond acceptors (Lipinski definition) is 7. The molecule has 1 saturated heterocycles. The van der Waals surface area contributed by atoms with Crippen LogP contribution in [0.5, 0.6) is 0 Å². The van der Waals surface area contributed by atoms with Gasteiger partial charge in [-0.15, -0.1) is 0 Å². The van der Waals surface area contributed by atoms with E-state index >= 15 is 4.39 Å². The molecule has 0 aliphatic carbocycles. The first kappa shape index (κ1) is 28.9. The fourth-order valence-corrected chi connectivity index (χ4v) is 4.86. The highest BCUT2D eigenvalue weighted by Crippen LogP contribution is 2.38. The minimum absolute atomic E-state index is 0.0129. The Hall–Kier alpha value is -3.71. The molecule has 4 rings (SSSR count). The van der Waals surface area contributed by atoms with Gasteiger partial charge in [0.15, 0.2) is 5.96 Å². The summed E-state index contributed by atoms with van der Waals surface area (Å²) in [5.41, 5.74) is 16.3. The number of carboxylic acids is 2. The minimum atomic E-state index is -1.30. The Bertz CT molecular complexity index is 1280. The van der Waals surface area contributed by atoms with E-state index in [4.69, 9.17) is 22.3 Å². The van der Waals surface area contributed by atoms with Crippen molar-refractivity contribution in [2.45, 2.75) is 63.6 Å². The maximum absolute atomic E-state index is 15.0. The average Bonchev–Trinajstić information content (AvgIpc) is 2.85. The van der Waals surface area contributed by atoms with Crippen molar-refractivity contribution >= 4 is 34.5 Å². The number of halogens is 1. The van der Waals surface area contributed by atoms with Crippen LogP contribution in [0.2, 0.25) is 0 Å². The van der Waals surface area contributed by atoms with Crippen molar-refractivity contribution in [1.29, 1.82) is 0 Å². The smallest absolute Gasteiger partial charge is 0.341 e. The van der Waals surface area contributed by atoms with Gasteiger partial charge in [-0.05, 0) is 51.5 Å². The van der Waals surface area contributed by atoms with Crippen molar-refractivity contribution < 1.29 is 29.3 Å². The number of carboxylic acid groups (broad SMARTS) is 2. The van der Waals surface area contributed by atoms with Crippen LogP contribution < -0.4 is 27.5 Å². The van der Waals surface area contributed by atoms with Crippen LogP contribution in [-0.2, 0) is 11.2 Å². The number of aromatic carboxylic acids is 1. The van der Waals surface area contributed by atoms with E-state index in [1.807, 2.05) is 11.8 Å². The third-order valence-corrected chi connectivity index (χ3v) is 6.92. The predicted octanol–water partition coefficient (Wildman–Crippen LogP) is 0.759. The Labute approximate surface area is 218 Å². The molecule has 13 heteroatoms. The second-order valence-electron chi connectivity index (χ2n) is 9.67. The van der Waals surface area contributed by atoms with Crippen LogP contribution in [-0.4, -0.2) is 69.6 Å². The first-order chi connectivity index (χ1) is 17.9. The van der Waals surface area contributed by atoms with Crippen LogP contribution in [0.4, 0.5) is 10.1 Å². The van der Waals surface area contributed by atoms with Gasteiger partial charge in [0.25, 0.3) is 0 Å². The standard InChI is InChI=1S/C19H21FN2O4.C6H14N4O2/c1-10-2-3-12-16-13(18(24)14(19(25)26)9-22(10)16)8-15(20)17(12)21-6-4-11(23)5-7-21;7-4(5(11)12)2-1-3-10-6(8)9/h8-11,23H,2-7H2,1H3,(H,25,26);4H,1-3,7H2,(H,11,12)(H4,8,9,10)/t10-;4-/m00/s1. The number of guanidine groups is 1. The van der Waals surface area contributed by atoms with Crippen molar-refractivity contribution in [2.24, 2.45) is 22.2 Å². The van der Waals surface area contributed by atoms with E-state index in [0.29, 0.717) is 62.9 Å². The molecule has 0 spiro atoms. The molecule has 0 amide bonds. The number of rotatable bonds is 7. The number of hydrogen-bond donors (Lipinski definition) is 6. The SMILES string of the molecule is C[C@H]1CCc2c(N3CCC(O)CC3)c(F)cc3c(=O)c(C(=O)O)cn1c23.NC(N)=NCCC[C@H](N)C(=O)O. The number of aliphatic imine (C=N–C) groups is 1. The summed E-state index contributed by atoms with van der Waals surface area (Å²) >= 11 is 0. The van der Waals surface area contributed by atoms with Crippen LogP contribution in [0.3, 0.4) is 0 Å². The Kier molecular flexibility index (Phi) is 9.28. The van der Waals surface area contributed by atoms with Crippen LogP contribution in [0, 0.1) is 5.82 Å². The van der Waals surface area contributed by atoms with Crippen molar-refractivity contribution in [1.82, 2.24) is 4.57 Å². The lowest BCUT2D eigenvalue weighted by Crippen LogP contribution is -2.37. The van der Waals surface area contributed by atoms with Gasteiger partial charge >= 0.3 is 11.9 Å². The molecule has 0 unspecified atom stereocenters. The Morgan fingerprint density at radius 2 is 1.87 bits per heavy atom.